The molecule has 1 aliphatic rings. The molecule has 122 valence electrons. The minimum Gasteiger partial charge on any atom is -0.443 e. The standard InChI is InChI=1S/C16H20N4O3/c1-16(2,3)22-15(21)20-7-6-10-8-11(4-5-12(10)20)14-18-13(9-17)23-19-14/h4-5,8H,6-7,9,17H2,1-3H3. The molecule has 0 atom stereocenters. The Labute approximate surface area is 134 Å². The molecule has 23 heavy (non-hydrogen) atoms. The number of nitrogens with two attached hydrogens (primary N) is 1. The number of ether oxygens (including phenoxy) is 1. The fourth-order valence-electron chi connectivity index (χ4n) is 2.50. The van der Waals surface area contributed by atoms with Gasteiger partial charge in [0.25, 0.3) is 0 Å². The van der Waals surface area contributed by atoms with Crippen molar-refractivity contribution in [1.29, 1.82) is 0 Å². The SMILES string of the molecule is CC(C)(C)OC(=O)N1CCc2cc(-c3noc(CN)n3)ccc21. The zero-order valence-electron chi connectivity index (χ0n) is 13.5. The van der Waals surface area contributed by atoms with E-state index in [1.54, 1.807) is 4.90 Å². The normalized spacial score (nSPS) is 14.0. The summed E-state index contributed by atoms with van der Waals surface area (Å²) in [5.41, 5.74) is 7.74. The summed E-state index contributed by atoms with van der Waals surface area (Å²) in [6.45, 7) is 6.39. The van der Waals surface area contributed by atoms with Gasteiger partial charge in [0.1, 0.15) is 5.60 Å². The van der Waals surface area contributed by atoms with Crippen LogP contribution >= 0.6 is 0 Å². The third-order valence-electron chi connectivity index (χ3n) is 3.49. The third kappa shape index (κ3) is 3.19. The summed E-state index contributed by atoms with van der Waals surface area (Å²) >= 11 is 0. The predicted molar refractivity (Wildman–Crippen MR) is 84.9 cm³/mol. The molecule has 0 saturated carbocycles. The van der Waals surface area contributed by atoms with Crippen LogP contribution in [0.5, 0.6) is 0 Å². The molecule has 2 N–H and O–H groups in total. The van der Waals surface area contributed by atoms with Crippen molar-refractivity contribution < 1.29 is 14.1 Å². The van der Waals surface area contributed by atoms with E-state index >= 15 is 0 Å². The van der Waals surface area contributed by atoms with Crippen molar-refractivity contribution in [3.8, 4) is 11.4 Å². The van der Waals surface area contributed by atoms with Crippen LogP contribution in [0.2, 0.25) is 0 Å². The Morgan fingerprint density at radius 1 is 1.43 bits per heavy atom. The monoisotopic (exact) mass is 316 g/mol. The van der Waals surface area contributed by atoms with Gasteiger partial charge in [0, 0.05) is 12.1 Å². The number of hydrogen-bond donors (Lipinski definition) is 1. The zero-order chi connectivity index (χ0) is 16.6. The van der Waals surface area contributed by atoms with E-state index in [1.807, 2.05) is 39.0 Å². The van der Waals surface area contributed by atoms with Gasteiger partial charge < -0.3 is 15.0 Å². The van der Waals surface area contributed by atoms with E-state index in [-0.39, 0.29) is 12.6 Å². The molecule has 1 aromatic carbocycles. The van der Waals surface area contributed by atoms with Gasteiger partial charge in [0.2, 0.25) is 11.7 Å². The number of rotatable bonds is 2. The summed E-state index contributed by atoms with van der Waals surface area (Å²) in [6, 6.07) is 5.73. The second-order valence-corrected chi connectivity index (χ2v) is 6.44. The van der Waals surface area contributed by atoms with E-state index in [1.165, 1.54) is 0 Å². The Bertz CT molecular complexity index is 733. The summed E-state index contributed by atoms with van der Waals surface area (Å²) < 4.78 is 10.5. The summed E-state index contributed by atoms with van der Waals surface area (Å²) in [6.07, 6.45) is 0.443. The van der Waals surface area contributed by atoms with Gasteiger partial charge in [-0.05, 0) is 51.0 Å². The summed E-state index contributed by atoms with van der Waals surface area (Å²) in [5.74, 6) is 0.903. The molecule has 0 aliphatic carbocycles. The second kappa shape index (κ2) is 5.66. The third-order valence-corrected chi connectivity index (χ3v) is 3.49. The lowest BCUT2D eigenvalue weighted by Crippen LogP contribution is -2.35. The highest BCUT2D eigenvalue weighted by Crippen LogP contribution is 2.32. The molecule has 3 rings (SSSR count). The first kappa shape index (κ1) is 15.5. The molecule has 1 aromatic heterocycles. The molecule has 2 heterocycles. The van der Waals surface area contributed by atoms with Crippen LogP contribution in [-0.2, 0) is 17.7 Å². The van der Waals surface area contributed by atoms with E-state index in [9.17, 15) is 4.79 Å². The Morgan fingerprint density at radius 3 is 2.87 bits per heavy atom. The van der Waals surface area contributed by atoms with Crippen LogP contribution in [0, 0.1) is 0 Å². The largest absolute Gasteiger partial charge is 0.443 e. The number of carbonyl (C=O) groups is 1. The van der Waals surface area contributed by atoms with Crippen LogP contribution in [0.3, 0.4) is 0 Å². The van der Waals surface area contributed by atoms with Crippen molar-refractivity contribution in [2.75, 3.05) is 11.4 Å². The van der Waals surface area contributed by atoms with Gasteiger partial charge in [-0.15, -0.1) is 0 Å². The average molecular weight is 316 g/mol. The van der Waals surface area contributed by atoms with Crippen LogP contribution < -0.4 is 10.6 Å². The maximum absolute atomic E-state index is 12.3. The van der Waals surface area contributed by atoms with E-state index in [0.717, 1.165) is 23.2 Å². The quantitative estimate of drug-likeness (QED) is 0.914. The summed E-state index contributed by atoms with van der Waals surface area (Å²) in [7, 11) is 0. The fraction of sp³-hybridized carbons (Fsp3) is 0.438. The van der Waals surface area contributed by atoms with Gasteiger partial charge in [-0.1, -0.05) is 5.16 Å². The van der Waals surface area contributed by atoms with Crippen molar-refractivity contribution in [2.45, 2.75) is 39.3 Å². The molecular formula is C16H20N4O3. The van der Waals surface area contributed by atoms with Crippen molar-refractivity contribution in [3.63, 3.8) is 0 Å². The van der Waals surface area contributed by atoms with Crippen LogP contribution in [0.1, 0.15) is 32.2 Å². The highest BCUT2D eigenvalue weighted by molar-refractivity contribution is 5.91. The van der Waals surface area contributed by atoms with Crippen LogP contribution in [0.25, 0.3) is 11.4 Å². The first-order valence-electron chi connectivity index (χ1n) is 7.54. The van der Waals surface area contributed by atoms with Crippen molar-refractivity contribution in [2.24, 2.45) is 5.73 Å². The number of nitrogens with zero attached hydrogens (tertiary/aromatic N) is 3. The van der Waals surface area contributed by atoms with Crippen molar-refractivity contribution >= 4 is 11.8 Å². The molecular weight excluding hydrogens is 296 g/mol. The lowest BCUT2D eigenvalue weighted by Gasteiger charge is -2.24. The van der Waals surface area contributed by atoms with Crippen LogP contribution in [0.4, 0.5) is 10.5 Å². The topological polar surface area (TPSA) is 94.5 Å². The number of carbonyl (C=O) groups excluding carboxylic acids is 1. The number of fused-ring (bicyclic) bond motifs is 1. The summed E-state index contributed by atoms with van der Waals surface area (Å²) in [5, 5.41) is 3.91. The second-order valence-electron chi connectivity index (χ2n) is 6.44. The Balaban J connectivity index is 1.84. The van der Waals surface area contributed by atoms with Crippen molar-refractivity contribution in [1.82, 2.24) is 10.1 Å². The minimum atomic E-state index is -0.511. The predicted octanol–water partition coefficient (Wildman–Crippen LogP) is 2.49. The average Bonchev–Trinajstić information content (AvgIpc) is 3.11. The van der Waals surface area contributed by atoms with E-state index in [0.29, 0.717) is 18.3 Å². The van der Waals surface area contributed by atoms with Gasteiger partial charge in [0.05, 0.1) is 12.2 Å². The summed E-state index contributed by atoms with van der Waals surface area (Å²) in [4.78, 5) is 18.1. The van der Waals surface area contributed by atoms with E-state index in [4.69, 9.17) is 15.0 Å². The Kier molecular flexibility index (Phi) is 3.81. The van der Waals surface area contributed by atoms with Crippen LogP contribution in [0.15, 0.2) is 22.7 Å². The zero-order valence-corrected chi connectivity index (χ0v) is 13.5. The fourth-order valence-corrected chi connectivity index (χ4v) is 2.50. The Hall–Kier alpha value is -2.41. The van der Waals surface area contributed by atoms with Gasteiger partial charge in [-0.2, -0.15) is 4.98 Å². The van der Waals surface area contributed by atoms with Gasteiger partial charge in [0.15, 0.2) is 0 Å². The number of amides is 1. The smallest absolute Gasteiger partial charge is 0.414 e. The molecule has 0 spiro atoms. The number of hydrogen-bond acceptors (Lipinski definition) is 6. The van der Waals surface area contributed by atoms with Crippen LogP contribution in [-0.4, -0.2) is 28.4 Å². The molecule has 1 amide bonds. The molecule has 1 aliphatic heterocycles. The Morgan fingerprint density at radius 2 is 2.22 bits per heavy atom. The molecule has 7 nitrogen and oxygen atoms in total. The highest BCUT2D eigenvalue weighted by Gasteiger charge is 2.29. The molecule has 0 bridgehead atoms. The maximum atomic E-state index is 12.3. The van der Waals surface area contributed by atoms with E-state index in [2.05, 4.69) is 10.1 Å². The lowest BCUT2D eigenvalue weighted by atomic mass is 10.1. The lowest BCUT2D eigenvalue weighted by molar-refractivity contribution is 0.0584. The highest BCUT2D eigenvalue weighted by atomic mass is 16.6. The first-order valence-corrected chi connectivity index (χ1v) is 7.54. The minimum absolute atomic E-state index is 0.213. The van der Waals surface area contributed by atoms with Gasteiger partial charge in [-0.25, -0.2) is 4.79 Å². The van der Waals surface area contributed by atoms with Crippen molar-refractivity contribution in [3.05, 3.63) is 29.7 Å². The number of benzene rings is 1. The first-order chi connectivity index (χ1) is 10.9. The van der Waals surface area contributed by atoms with E-state index < -0.39 is 5.60 Å². The van der Waals surface area contributed by atoms with Gasteiger partial charge in [-0.3, -0.25) is 4.90 Å². The molecule has 0 saturated heterocycles. The molecule has 2 aromatic rings. The molecule has 7 heteroatoms. The maximum Gasteiger partial charge on any atom is 0.414 e. The molecule has 0 radical (unpaired) electrons. The number of anilines is 1. The molecule has 0 unspecified atom stereocenters. The molecule has 0 fully saturated rings. The van der Waals surface area contributed by atoms with Gasteiger partial charge >= 0.3 is 6.09 Å². The number of aromatic nitrogens is 2.